The highest BCUT2D eigenvalue weighted by atomic mass is 16.5. The Morgan fingerprint density at radius 2 is 1.74 bits per heavy atom. The normalized spacial score (nSPS) is 22.4. The van der Waals surface area contributed by atoms with E-state index in [0.717, 1.165) is 13.0 Å². The van der Waals surface area contributed by atoms with Gasteiger partial charge in [-0.25, -0.2) is 0 Å². The van der Waals surface area contributed by atoms with Gasteiger partial charge in [-0.3, -0.25) is 4.90 Å². The lowest BCUT2D eigenvalue weighted by atomic mass is 9.74. The molecule has 0 aliphatic carbocycles. The van der Waals surface area contributed by atoms with Gasteiger partial charge in [0.2, 0.25) is 0 Å². The first kappa shape index (κ1) is 16.9. The Morgan fingerprint density at radius 1 is 1.21 bits per heavy atom. The van der Waals surface area contributed by atoms with Gasteiger partial charge >= 0.3 is 0 Å². The van der Waals surface area contributed by atoms with Crippen LogP contribution in [0.3, 0.4) is 0 Å². The number of piperidine rings is 1. The molecular formula is C16H34N2O. The predicted molar refractivity (Wildman–Crippen MR) is 82.4 cm³/mol. The molecule has 3 nitrogen and oxygen atoms in total. The Morgan fingerprint density at radius 3 is 2.11 bits per heavy atom. The Labute approximate surface area is 119 Å². The van der Waals surface area contributed by atoms with Crippen molar-refractivity contribution in [2.24, 2.45) is 11.1 Å². The minimum Gasteiger partial charge on any atom is -0.379 e. The monoisotopic (exact) mass is 270 g/mol. The molecule has 1 rings (SSSR count). The molecule has 0 bridgehead atoms. The summed E-state index contributed by atoms with van der Waals surface area (Å²) in [6.07, 6.45) is 6.29. The molecule has 19 heavy (non-hydrogen) atoms. The highest BCUT2D eigenvalue weighted by molar-refractivity contribution is 4.89. The molecule has 0 aromatic carbocycles. The molecule has 0 saturated carbocycles. The number of rotatable bonds is 7. The lowest BCUT2D eigenvalue weighted by molar-refractivity contribution is -0.0187. The van der Waals surface area contributed by atoms with Crippen LogP contribution in [0, 0.1) is 5.41 Å². The van der Waals surface area contributed by atoms with Crippen LogP contribution in [0.4, 0.5) is 0 Å². The van der Waals surface area contributed by atoms with E-state index >= 15 is 0 Å². The van der Waals surface area contributed by atoms with Gasteiger partial charge in [0.25, 0.3) is 0 Å². The van der Waals surface area contributed by atoms with E-state index in [1.807, 2.05) is 0 Å². The first-order chi connectivity index (χ1) is 8.92. The number of nitrogens with zero attached hydrogens (tertiary/aromatic N) is 1. The van der Waals surface area contributed by atoms with E-state index in [0.29, 0.717) is 11.5 Å². The van der Waals surface area contributed by atoms with Crippen LogP contribution in [-0.4, -0.2) is 43.3 Å². The van der Waals surface area contributed by atoms with Crippen molar-refractivity contribution in [2.75, 3.05) is 26.7 Å². The third kappa shape index (κ3) is 4.44. The van der Waals surface area contributed by atoms with Crippen molar-refractivity contribution in [3.05, 3.63) is 0 Å². The van der Waals surface area contributed by atoms with Crippen LogP contribution in [0.2, 0.25) is 0 Å². The molecule has 1 aliphatic rings. The molecule has 1 saturated heterocycles. The standard InChI is InChI=1S/C16H34N2O/c1-6-16(7-2)8-10-18(11-9-16)14(13-17)12-15(3,4)19-5/h14H,6-13,17H2,1-5H3. The highest BCUT2D eigenvalue weighted by Crippen LogP contribution is 2.38. The topological polar surface area (TPSA) is 38.5 Å². The number of hydrogen-bond donors (Lipinski definition) is 1. The smallest absolute Gasteiger partial charge is 0.0638 e. The molecule has 0 amide bonds. The van der Waals surface area contributed by atoms with Gasteiger partial charge in [-0.2, -0.15) is 0 Å². The zero-order valence-corrected chi connectivity index (χ0v) is 13.7. The number of hydrogen-bond acceptors (Lipinski definition) is 3. The van der Waals surface area contributed by atoms with E-state index in [-0.39, 0.29) is 5.60 Å². The average Bonchev–Trinajstić information content (AvgIpc) is 2.45. The molecule has 114 valence electrons. The van der Waals surface area contributed by atoms with Gasteiger partial charge < -0.3 is 10.5 Å². The van der Waals surface area contributed by atoms with Crippen LogP contribution >= 0.6 is 0 Å². The molecule has 1 atom stereocenters. The second-order valence-electron chi connectivity index (χ2n) is 6.80. The Bertz CT molecular complexity index is 251. The van der Waals surface area contributed by atoms with E-state index in [9.17, 15) is 0 Å². The van der Waals surface area contributed by atoms with Crippen molar-refractivity contribution in [1.82, 2.24) is 4.90 Å². The largest absolute Gasteiger partial charge is 0.379 e. The predicted octanol–water partition coefficient (Wildman–Crippen LogP) is 3.03. The van der Waals surface area contributed by atoms with Crippen LogP contribution in [-0.2, 0) is 4.74 Å². The van der Waals surface area contributed by atoms with Crippen LogP contribution in [0.25, 0.3) is 0 Å². The van der Waals surface area contributed by atoms with Gasteiger partial charge in [0.1, 0.15) is 0 Å². The first-order valence-corrected chi connectivity index (χ1v) is 7.91. The number of ether oxygens (including phenoxy) is 1. The molecule has 0 aromatic heterocycles. The zero-order chi connectivity index (χ0) is 14.5. The fourth-order valence-electron chi connectivity index (χ4n) is 3.33. The second-order valence-corrected chi connectivity index (χ2v) is 6.80. The summed E-state index contributed by atoms with van der Waals surface area (Å²) in [7, 11) is 1.79. The SMILES string of the molecule is CCC1(CC)CCN(C(CN)CC(C)(C)OC)CC1. The summed E-state index contributed by atoms with van der Waals surface area (Å²) in [5.74, 6) is 0. The van der Waals surface area contributed by atoms with Crippen molar-refractivity contribution in [3.63, 3.8) is 0 Å². The number of nitrogens with two attached hydrogens (primary N) is 1. The maximum atomic E-state index is 6.00. The molecule has 0 spiro atoms. The van der Waals surface area contributed by atoms with E-state index in [4.69, 9.17) is 10.5 Å². The molecule has 0 radical (unpaired) electrons. The summed E-state index contributed by atoms with van der Waals surface area (Å²) in [5.41, 5.74) is 6.52. The lowest BCUT2D eigenvalue weighted by Crippen LogP contribution is -2.50. The Kier molecular flexibility index (Phi) is 6.28. The van der Waals surface area contributed by atoms with Crippen LogP contribution < -0.4 is 5.73 Å². The van der Waals surface area contributed by atoms with E-state index in [1.54, 1.807) is 7.11 Å². The third-order valence-electron chi connectivity index (χ3n) is 5.43. The summed E-state index contributed by atoms with van der Waals surface area (Å²) >= 11 is 0. The lowest BCUT2D eigenvalue weighted by Gasteiger charge is -2.45. The summed E-state index contributed by atoms with van der Waals surface area (Å²) in [6, 6.07) is 0.460. The van der Waals surface area contributed by atoms with Crippen molar-refractivity contribution in [3.8, 4) is 0 Å². The fourth-order valence-corrected chi connectivity index (χ4v) is 3.33. The van der Waals surface area contributed by atoms with Gasteiger partial charge in [0.15, 0.2) is 0 Å². The quantitative estimate of drug-likeness (QED) is 0.773. The van der Waals surface area contributed by atoms with Crippen molar-refractivity contribution in [2.45, 2.75) is 71.4 Å². The minimum atomic E-state index is -0.0753. The molecule has 2 N–H and O–H groups in total. The summed E-state index contributed by atoms with van der Waals surface area (Å²) < 4.78 is 5.56. The van der Waals surface area contributed by atoms with Crippen molar-refractivity contribution >= 4 is 0 Å². The van der Waals surface area contributed by atoms with Crippen molar-refractivity contribution < 1.29 is 4.74 Å². The van der Waals surface area contributed by atoms with E-state index < -0.39 is 0 Å². The second kappa shape index (κ2) is 7.05. The van der Waals surface area contributed by atoms with Gasteiger partial charge in [-0.15, -0.1) is 0 Å². The molecule has 0 aromatic rings. The summed E-state index contributed by atoms with van der Waals surface area (Å²) in [4.78, 5) is 2.59. The molecule has 1 fully saturated rings. The zero-order valence-electron chi connectivity index (χ0n) is 13.7. The number of methoxy groups -OCH3 is 1. The van der Waals surface area contributed by atoms with E-state index in [1.165, 1.54) is 38.8 Å². The van der Waals surface area contributed by atoms with Crippen LogP contribution in [0.5, 0.6) is 0 Å². The van der Waals surface area contributed by atoms with Gasteiger partial charge in [-0.05, 0) is 51.6 Å². The summed E-state index contributed by atoms with van der Waals surface area (Å²) in [5, 5.41) is 0. The third-order valence-corrected chi connectivity index (χ3v) is 5.43. The molecule has 1 aliphatic heterocycles. The maximum Gasteiger partial charge on any atom is 0.0638 e. The van der Waals surface area contributed by atoms with E-state index in [2.05, 4.69) is 32.6 Å². The molecular weight excluding hydrogens is 236 g/mol. The molecule has 3 heteroatoms. The maximum absolute atomic E-state index is 6.00. The average molecular weight is 270 g/mol. The van der Waals surface area contributed by atoms with Crippen molar-refractivity contribution in [1.29, 1.82) is 0 Å². The molecule has 1 unspecified atom stereocenters. The molecule has 1 heterocycles. The fraction of sp³-hybridized carbons (Fsp3) is 1.00. The van der Waals surface area contributed by atoms with Gasteiger partial charge in [0.05, 0.1) is 5.60 Å². The Hall–Kier alpha value is -0.120. The van der Waals surface area contributed by atoms with Crippen LogP contribution in [0.15, 0.2) is 0 Å². The van der Waals surface area contributed by atoms with Gasteiger partial charge in [0, 0.05) is 19.7 Å². The van der Waals surface area contributed by atoms with Gasteiger partial charge in [-0.1, -0.05) is 26.7 Å². The Balaban J connectivity index is 2.57. The number of likely N-dealkylation sites (tertiary alicyclic amines) is 1. The van der Waals surface area contributed by atoms with Crippen LogP contribution in [0.1, 0.15) is 59.8 Å². The first-order valence-electron chi connectivity index (χ1n) is 7.91. The minimum absolute atomic E-state index is 0.0753. The summed E-state index contributed by atoms with van der Waals surface area (Å²) in [6.45, 7) is 12.1. The highest BCUT2D eigenvalue weighted by Gasteiger charge is 2.34.